The number of nitrogens with one attached hydrogen (secondary N) is 1. The molecule has 2 aromatic rings. The zero-order valence-electron chi connectivity index (χ0n) is 17.5. The molecule has 1 aliphatic rings. The van der Waals surface area contributed by atoms with E-state index in [1.807, 2.05) is 18.2 Å². The lowest BCUT2D eigenvalue weighted by molar-refractivity contribution is -0.127. The Kier molecular flexibility index (Phi) is 6.86. The van der Waals surface area contributed by atoms with Gasteiger partial charge in [-0.05, 0) is 73.6 Å². The summed E-state index contributed by atoms with van der Waals surface area (Å²) in [4.78, 5) is 12.5. The highest BCUT2D eigenvalue weighted by Gasteiger charge is 2.18. The highest BCUT2D eigenvalue weighted by Crippen LogP contribution is 2.38. The summed E-state index contributed by atoms with van der Waals surface area (Å²) in [5.74, 6) is 2.18. The molecule has 0 fully saturated rings. The smallest absolute Gasteiger partial charge is 0.261 e. The third kappa shape index (κ3) is 4.94. The van der Waals surface area contributed by atoms with Crippen LogP contribution in [0.2, 0.25) is 0 Å². The van der Waals surface area contributed by atoms with Crippen molar-refractivity contribution in [2.24, 2.45) is 0 Å². The van der Waals surface area contributed by atoms with Crippen LogP contribution in [0.5, 0.6) is 23.0 Å². The average Bonchev–Trinajstić information content (AvgIpc) is 2.76. The fraction of sp³-hybridized carbons (Fsp3) is 0.435. The summed E-state index contributed by atoms with van der Waals surface area (Å²) in [6, 6.07) is 9.77. The number of carbonyl (C=O) groups excluding carboxylic acids is 1. The third-order valence-corrected chi connectivity index (χ3v) is 5.19. The van der Waals surface area contributed by atoms with Crippen molar-refractivity contribution in [2.45, 2.75) is 45.3 Å². The third-order valence-electron chi connectivity index (χ3n) is 5.19. The van der Waals surface area contributed by atoms with E-state index in [2.05, 4.69) is 17.4 Å². The van der Waals surface area contributed by atoms with Gasteiger partial charge in [0.1, 0.15) is 5.75 Å². The number of carbonyl (C=O) groups is 1. The Hall–Kier alpha value is -2.89. The minimum absolute atomic E-state index is 0.184. The summed E-state index contributed by atoms with van der Waals surface area (Å²) < 4.78 is 21.9. The molecule has 0 saturated heterocycles. The van der Waals surface area contributed by atoms with E-state index in [0.717, 1.165) is 24.2 Å². The van der Waals surface area contributed by atoms with Gasteiger partial charge in [0.05, 0.1) is 21.3 Å². The van der Waals surface area contributed by atoms with Gasteiger partial charge >= 0.3 is 0 Å². The molecule has 3 rings (SSSR count). The van der Waals surface area contributed by atoms with Crippen molar-refractivity contribution in [3.05, 3.63) is 47.0 Å². The number of hydrogen-bond acceptors (Lipinski definition) is 5. The number of hydrogen-bond donors (Lipinski definition) is 1. The van der Waals surface area contributed by atoms with Gasteiger partial charge < -0.3 is 24.3 Å². The molecule has 1 amide bonds. The number of ether oxygens (including phenoxy) is 4. The molecule has 6 heteroatoms. The van der Waals surface area contributed by atoms with Crippen LogP contribution in [0.4, 0.5) is 0 Å². The van der Waals surface area contributed by atoms with Gasteiger partial charge in [-0.3, -0.25) is 4.79 Å². The quantitative estimate of drug-likeness (QED) is 0.734. The highest BCUT2D eigenvalue weighted by molar-refractivity contribution is 5.80. The largest absolute Gasteiger partial charge is 0.493 e. The zero-order valence-corrected chi connectivity index (χ0v) is 17.5. The summed E-state index contributed by atoms with van der Waals surface area (Å²) in [5.41, 5.74) is 3.57. The average molecular weight is 399 g/mol. The monoisotopic (exact) mass is 399 g/mol. The molecule has 0 aliphatic heterocycles. The van der Waals surface area contributed by atoms with E-state index in [-0.39, 0.29) is 5.91 Å². The van der Waals surface area contributed by atoms with Crippen molar-refractivity contribution in [3.8, 4) is 23.0 Å². The second kappa shape index (κ2) is 9.54. The molecule has 1 atom stereocenters. The van der Waals surface area contributed by atoms with Gasteiger partial charge in [-0.25, -0.2) is 0 Å². The first-order valence-electron chi connectivity index (χ1n) is 9.90. The summed E-state index contributed by atoms with van der Waals surface area (Å²) in [7, 11) is 4.68. The van der Waals surface area contributed by atoms with Gasteiger partial charge in [-0.1, -0.05) is 6.07 Å². The second-order valence-electron chi connectivity index (χ2n) is 7.15. The number of aryl methyl sites for hydroxylation is 2. The molecule has 0 spiro atoms. The summed E-state index contributed by atoms with van der Waals surface area (Å²) in [5, 5.41) is 2.91. The Labute approximate surface area is 172 Å². The van der Waals surface area contributed by atoms with Crippen molar-refractivity contribution in [1.29, 1.82) is 0 Å². The van der Waals surface area contributed by atoms with Gasteiger partial charge in [0.15, 0.2) is 17.6 Å². The van der Waals surface area contributed by atoms with Crippen molar-refractivity contribution in [2.75, 3.05) is 21.3 Å². The van der Waals surface area contributed by atoms with E-state index in [4.69, 9.17) is 18.9 Å². The van der Waals surface area contributed by atoms with E-state index in [1.54, 1.807) is 28.3 Å². The summed E-state index contributed by atoms with van der Waals surface area (Å²) in [6.45, 7) is 2.08. The van der Waals surface area contributed by atoms with Crippen molar-refractivity contribution < 1.29 is 23.7 Å². The normalized spacial score (nSPS) is 13.8. The zero-order chi connectivity index (χ0) is 20.8. The van der Waals surface area contributed by atoms with Crippen LogP contribution in [0.15, 0.2) is 30.3 Å². The Morgan fingerprint density at radius 2 is 1.62 bits per heavy atom. The minimum Gasteiger partial charge on any atom is -0.493 e. The fourth-order valence-corrected chi connectivity index (χ4v) is 3.61. The molecule has 0 heterocycles. The van der Waals surface area contributed by atoms with Crippen LogP contribution in [0, 0.1) is 0 Å². The maximum Gasteiger partial charge on any atom is 0.261 e. The SMILES string of the molecule is COc1cc(CNC(=O)[C@@H](C)Oc2ccc3c(c2)CCCC3)cc(OC)c1OC. The Balaban J connectivity index is 1.61. The van der Waals surface area contributed by atoms with E-state index >= 15 is 0 Å². The van der Waals surface area contributed by atoms with Crippen LogP contribution in [-0.2, 0) is 24.2 Å². The van der Waals surface area contributed by atoms with E-state index in [0.29, 0.717) is 23.8 Å². The maximum atomic E-state index is 12.5. The predicted molar refractivity (Wildman–Crippen MR) is 111 cm³/mol. The second-order valence-corrected chi connectivity index (χ2v) is 7.15. The highest BCUT2D eigenvalue weighted by atomic mass is 16.5. The summed E-state index contributed by atoms with van der Waals surface area (Å²) in [6.07, 6.45) is 4.06. The molecule has 1 N–H and O–H groups in total. The molecule has 0 unspecified atom stereocenters. The van der Waals surface area contributed by atoms with Crippen LogP contribution in [0.25, 0.3) is 0 Å². The topological polar surface area (TPSA) is 66.0 Å². The standard InChI is InChI=1S/C23H29NO5/c1-15(29-19-10-9-17-7-5-6-8-18(17)13-19)23(25)24-14-16-11-20(26-2)22(28-4)21(12-16)27-3/h9-13,15H,5-8,14H2,1-4H3,(H,24,25)/t15-/m1/s1. The molecule has 156 valence electrons. The molecule has 0 saturated carbocycles. The van der Waals surface area contributed by atoms with Gasteiger partial charge in [0.25, 0.3) is 5.91 Å². The van der Waals surface area contributed by atoms with Crippen LogP contribution in [0.3, 0.4) is 0 Å². The lowest BCUT2D eigenvalue weighted by atomic mass is 9.92. The minimum atomic E-state index is -0.598. The number of fused-ring (bicyclic) bond motifs is 1. The molecule has 6 nitrogen and oxygen atoms in total. The van der Waals surface area contributed by atoms with Gasteiger partial charge in [-0.2, -0.15) is 0 Å². The Morgan fingerprint density at radius 1 is 0.966 bits per heavy atom. The molecular formula is C23H29NO5. The van der Waals surface area contributed by atoms with E-state index in [1.165, 1.54) is 24.0 Å². The van der Waals surface area contributed by atoms with Crippen molar-refractivity contribution >= 4 is 5.91 Å². The van der Waals surface area contributed by atoms with Crippen LogP contribution in [0.1, 0.15) is 36.5 Å². The summed E-state index contributed by atoms with van der Waals surface area (Å²) >= 11 is 0. The van der Waals surface area contributed by atoms with Gasteiger partial charge in [0.2, 0.25) is 5.75 Å². The first kappa shape index (κ1) is 20.8. The predicted octanol–water partition coefficient (Wildman–Crippen LogP) is 3.67. The number of benzene rings is 2. The van der Waals surface area contributed by atoms with E-state index < -0.39 is 6.10 Å². The molecular weight excluding hydrogens is 370 g/mol. The molecule has 1 aliphatic carbocycles. The molecule has 0 radical (unpaired) electrons. The number of methoxy groups -OCH3 is 3. The fourth-order valence-electron chi connectivity index (χ4n) is 3.61. The molecule has 2 aromatic carbocycles. The Bertz CT molecular complexity index is 839. The van der Waals surface area contributed by atoms with Crippen molar-refractivity contribution in [3.63, 3.8) is 0 Å². The van der Waals surface area contributed by atoms with Crippen molar-refractivity contribution in [1.82, 2.24) is 5.32 Å². The number of rotatable bonds is 8. The maximum absolute atomic E-state index is 12.5. The van der Waals surface area contributed by atoms with Crippen LogP contribution < -0.4 is 24.3 Å². The lowest BCUT2D eigenvalue weighted by Gasteiger charge is -2.19. The lowest BCUT2D eigenvalue weighted by Crippen LogP contribution is -2.35. The van der Waals surface area contributed by atoms with Gasteiger partial charge in [-0.15, -0.1) is 0 Å². The first-order chi connectivity index (χ1) is 14.0. The molecule has 0 aromatic heterocycles. The number of amides is 1. The van der Waals surface area contributed by atoms with Crippen LogP contribution >= 0.6 is 0 Å². The molecule has 29 heavy (non-hydrogen) atoms. The molecule has 0 bridgehead atoms. The van der Waals surface area contributed by atoms with Crippen LogP contribution in [-0.4, -0.2) is 33.3 Å². The first-order valence-corrected chi connectivity index (χ1v) is 9.90. The van der Waals surface area contributed by atoms with E-state index in [9.17, 15) is 4.79 Å². The van der Waals surface area contributed by atoms with Gasteiger partial charge in [0, 0.05) is 6.54 Å². The Morgan fingerprint density at radius 3 is 2.24 bits per heavy atom.